The summed E-state index contributed by atoms with van der Waals surface area (Å²) in [4.78, 5) is 17.7. The van der Waals surface area contributed by atoms with Crippen molar-refractivity contribution in [2.24, 2.45) is 47.3 Å². The number of hydrogen-bond acceptors (Lipinski definition) is 3. The third-order valence-corrected chi connectivity index (χ3v) is 21.3. The SMILES string of the molecule is CC(c1ccccc1)(c1ccccc1)c1cccc(-c2nc(C3c4ccccc4C4(c5ccccc53)C3CC5CC(C3)CC4C5)nc(C3c4ccccc4C4(c5ccccc53)C3CC5CC(C3)CC4C5)n2)c1. The first-order valence-electron chi connectivity index (χ1n) is 27.8. The maximum absolute atomic E-state index is 6.00. The Hall–Kier alpha value is -6.45. The molecule has 3 nitrogen and oxygen atoms in total. The summed E-state index contributed by atoms with van der Waals surface area (Å²) in [5.41, 5.74) is 16.2. The van der Waals surface area contributed by atoms with Gasteiger partial charge in [-0.15, -0.1) is 0 Å². The minimum Gasteiger partial charge on any atom is -0.216 e. The van der Waals surface area contributed by atoms with Gasteiger partial charge in [-0.05, 0) is 186 Å². The van der Waals surface area contributed by atoms with Gasteiger partial charge in [-0.1, -0.05) is 176 Å². The van der Waals surface area contributed by atoms with Crippen LogP contribution in [0.4, 0.5) is 0 Å². The minimum atomic E-state index is -0.417. The molecule has 8 aromatic rings. The lowest BCUT2D eigenvalue weighted by atomic mass is 9.40. The van der Waals surface area contributed by atoms with Crippen LogP contribution in [0.3, 0.4) is 0 Å². The van der Waals surface area contributed by atoms with E-state index in [1.165, 1.54) is 103 Å². The Balaban J connectivity index is 0.935. The fraction of sp³-hybridized carbons (Fsp3) is 0.348. The Morgan fingerprint density at radius 2 is 0.681 bits per heavy atom. The Kier molecular flexibility index (Phi) is 9.08. The van der Waals surface area contributed by atoms with Crippen LogP contribution in [-0.2, 0) is 16.2 Å². The summed E-state index contributed by atoms with van der Waals surface area (Å²) in [6.45, 7) is 2.38. The highest BCUT2D eigenvalue weighted by Gasteiger charge is 2.63. The van der Waals surface area contributed by atoms with Crippen LogP contribution in [0.15, 0.2) is 182 Å². The normalized spacial score (nSPS) is 31.8. The molecule has 10 aliphatic rings. The zero-order valence-corrected chi connectivity index (χ0v) is 41.5. The highest BCUT2D eigenvalue weighted by molar-refractivity contribution is 5.66. The first-order chi connectivity index (χ1) is 35.5. The van der Waals surface area contributed by atoms with Crippen LogP contribution in [0.1, 0.15) is 156 Å². The van der Waals surface area contributed by atoms with E-state index in [-0.39, 0.29) is 22.7 Å². The largest absolute Gasteiger partial charge is 0.216 e. The molecule has 1 aromatic heterocycles. The van der Waals surface area contributed by atoms with Crippen molar-refractivity contribution in [2.45, 2.75) is 99.2 Å². The fourth-order valence-electron chi connectivity index (χ4n) is 19.1. The highest BCUT2D eigenvalue weighted by Crippen LogP contribution is 2.70. The average molecular weight is 934 g/mol. The van der Waals surface area contributed by atoms with Crippen molar-refractivity contribution < 1.29 is 0 Å². The van der Waals surface area contributed by atoms with Crippen LogP contribution < -0.4 is 0 Å². The van der Waals surface area contributed by atoms with Crippen molar-refractivity contribution in [1.29, 1.82) is 0 Å². The van der Waals surface area contributed by atoms with Crippen LogP contribution in [0.5, 0.6) is 0 Å². The van der Waals surface area contributed by atoms with Gasteiger partial charge in [0.25, 0.3) is 0 Å². The second-order valence-electron chi connectivity index (χ2n) is 24.4. The van der Waals surface area contributed by atoms with Crippen LogP contribution >= 0.6 is 0 Å². The molecule has 8 saturated carbocycles. The molecule has 0 radical (unpaired) electrons. The van der Waals surface area contributed by atoms with E-state index in [2.05, 4.69) is 189 Å². The van der Waals surface area contributed by atoms with Crippen LogP contribution in [-0.4, -0.2) is 15.0 Å². The molecule has 8 fully saturated rings. The molecule has 0 atom stereocenters. The number of rotatable bonds is 6. The molecule has 10 aliphatic carbocycles. The van der Waals surface area contributed by atoms with Crippen molar-refractivity contribution >= 4 is 0 Å². The number of benzene rings is 7. The predicted molar refractivity (Wildman–Crippen MR) is 287 cm³/mol. The summed E-state index contributed by atoms with van der Waals surface area (Å²) >= 11 is 0. The van der Waals surface area contributed by atoms with Gasteiger partial charge in [0, 0.05) is 21.8 Å². The Labute approximate surface area is 425 Å². The van der Waals surface area contributed by atoms with Crippen molar-refractivity contribution in [1.82, 2.24) is 15.0 Å². The van der Waals surface area contributed by atoms with Gasteiger partial charge >= 0.3 is 0 Å². The highest BCUT2D eigenvalue weighted by atomic mass is 15.0. The third-order valence-electron chi connectivity index (χ3n) is 21.3. The zero-order valence-electron chi connectivity index (χ0n) is 41.5. The van der Waals surface area contributed by atoms with E-state index in [9.17, 15) is 0 Å². The lowest BCUT2D eigenvalue weighted by Gasteiger charge is -2.64. The molecule has 0 amide bonds. The zero-order chi connectivity index (χ0) is 47.3. The molecule has 0 aliphatic heterocycles. The van der Waals surface area contributed by atoms with Gasteiger partial charge in [0.1, 0.15) is 11.6 Å². The summed E-state index contributed by atoms with van der Waals surface area (Å²) in [6, 6.07) is 69.7. The monoisotopic (exact) mass is 934 g/mol. The summed E-state index contributed by atoms with van der Waals surface area (Å²) in [5, 5.41) is 0. The van der Waals surface area contributed by atoms with Gasteiger partial charge in [-0.25, -0.2) is 15.0 Å². The third kappa shape index (κ3) is 5.66. The lowest BCUT2D eigenvalue weighted by molar-refractivity contribution is -0.0436. The maximum atomic E-state index is 6.00. The van der Waals surface area contributed by atoms with Crippen LogP contribution in [0.25, 0.3) is 11.4 Å². The smallest absolute Gasteiger partial charge is 0.163 e. The molecule has 0 N–H and O–H groups in total. The van der Waals surface area contributed by atoms with Crippen LogP contribution in [0.2, 0.25) is 0 Å². The molecule has 18 rings (SSSR count). The standard InChI is InChI=1S/C69H63N3/c1-67(47-18-4-2-5-19-47,48-20-6-3-7-21-48)49-22-16-17-46(41-49)64-70-65(62-54-23-8-12-27-58(54)68(59-28-13-9-24-55(59)62)50-33-42-31-43(35-50)36-51(68)34-42)72-66(71-64)63-56-25-10-14-29-60(56)69(61-30-15-11-26-57(61)63)52-37-44-32-45(39-52)40-53(69)38-44/h2-30,41-45,50-53,62-63H,31-40H2,1H3. The van der Waals surface area contributed by atoms with Crippen molar-refractivity contribution in [3.8, 4) is 11.4 Å². The minimum absolute atomic E-state index is 0.0255. The molecule has 2 spiro atoms. The van der Waals surface area contributed by atoms with Gasteiger partial charge in [0.2, 0.25) is 0 Å². The van der Waals surface area contributed by atoms with E-state index < -0.39 is 5.41 Å². The first-order valence-corrected chi connectivity index (χ1v) is 27.8. The number of nitrogens with zero attached hydrogens (tertiary/aromatic N) is 3. The Morgan fingerprint density at radius 1 is 0.347 bits per heavy atom. The van der Waals surface area contributed by atoms with Crippen molar-refractivity contribution in [2.75, 3.05) is 0 Å². The van der Waals surface area contributed by atoms with E-state index in [0.29, 0.717) is 23.7 Å². The molecule has 72 heavy (non-hydrogen) atoms. The molecule has 0 unspecified atom stereocenters. The number of aromatic nitrogens is 3. The summed E-state index contributed by atoms with van der Waals surface area (Å²) in [6.07, 6.45) is 13.7. The van der Waals surface area contributed by atoms with Gasteiger partial charge in [0.05, 0.1) is 11.8 Å². The van der Waals surface area contributed by atoms with Crippen molar-refractivity contribution in [3.63, 3.8) is 0 Å². The van der Waals surface area contributed by atoms with E-state index in [4.69, 9.17) is 15.0 Å². The number of hydrogen-bond donors (Lipinski definition) is 0. The van der Waals surface area contributed by atoms with E-state index in [0.717, 1.165) is 46.7 Å². The van der Waals surface area contributed by atoms with Gasteiger partial charge < -0.3 is 0 Å². The molecule has 8 bridgehead atoms. The van der Waals surface area contributed by atoms with Crippen molar-refractivity contribution in [3.05, 3.63) is 255 Å². The summed E-state index contributed by atoms with van der Waals surface area (Å²) in [5.74, 6) is 8.43. The second kappa shape index (κ2) is 15.5. The first kappa shape index (κ1) is 42.1. The Morgan fingerprint density at radius 3 is 1.06 bits per heavy atom. The Bertz CT molecular complexity index is 3090. The molecule has 354 valence electrons. The van der Waals surface area contributed by atoms with E-state index >= 15 is 0 Å². The summed E-state index contributed by atoms with van der Waals surface area (Å²) < 4.78 is 0. The van der Waals surface area contributed by atoms with Gasteiger partial charge in [-0.2, -0.15) is 0 Å². The van der Waals surface area contributed by atoms with Gasteiger partial charge in [0.15, 0.2) is 5.82 Å². The number of fused-ring (bicyclic) bond motifs is 4. The average Bonchev–Trinajstić information content (AvgIpc) is 3.44. The van der Waals surface area contributed by atoms with E-state index in [1.807, 2.05) is 0 Å². The topological polar surface area (TPSA) is 38.7 Å². The second-order valence-corrected chi connectivity index (χ2v) is 24.4. The van der Waals surface area contributed by atoms with E-state index in [1.54, 1.807) is 22.3 Å². The predicted octanol–water partition coefficient (Wildman–Crippen LogP) is 15.4. The molecule has 1 heterocycles. The molecular weight excluding hydrogens is 871 g/mol. The molecule has 7 aromatic carbocycles. The molecular formula is C69H63N3. The quantitative estimate of drug-likeness (QED) is 0.156. The fourth-order valence-corrected chi connectivity index (χ4v) is 19.1. The lowest BCUT2D eigenvalue weighted by Crippen LogP contribution is -2.58. The molecule has 3 heteroatoms. The maximum Gasteiger partial charge on any atom is 0.163 e. The van der Waals surface area contributed by atoms with Gasteiger partial charge in [-0.3, -0.25) is 0 Å². The van der Waals surface area contributed by atoms with Crippen LogP contribution in [0, 0.1) is 47.3 Å². The summed E-state index contributed by atoms with van der Waals surface area (Å²) in [7, 11) is 0. The molecule has 0 saturated heterocycles.